The van der Waals surface area contributed by atoms with Crippen LogP contribution >= 0.6 is 9.93 Å². The third kappa shape index (κ3) is 1.50. The smallest absolute Gasteiger partial charge is 0.278 e. The topological polar surface area (TPSA) is 54.4 Å². The number of benzene rings is 1. The van der Waals surface area contributed by atoms with Crippen LogP contribution in [-0.2, 0) is 9.15 Å². The summed E-state index contributed by atoms with van der Waals surface area (Å²) >= 11 is 0. The maximum Gasteiger partial charge on any atom is 0.307 e. The third-order valence-electron chi connectivity index (χ3n) is 1.81. The van der Waals surface area contributed by atoms with Gasteiger partial charge in [-0.25, -0.2) is 0 Å². The molecule has 1 unspecified atom stereocenters. The van der Waals surface area contributed by atoms with Gasteiger partial charge in [0.25, 0.3) is 0 Å². The summed E-state index contributed by atoms with van der Waals surface area (Å²) < 4.78 is 30.8. The highest BCUT2D eigenvalue weighted by atomic mass is 33.2. The van der Waals surface area contributed by atoms with Gasteiger partial charge < -0.3 is 0 Å². The minimum Gasteiger partial charge on any atom is -0.278 e. The molecule has 70 valence electrons. The maximum absolute atomic E-state index is 10.9. The second-order valence-corrected chi connectivity index (χ2v) is 7.54. The van der Waals surface area contributed by atoms with Crippen LogP contribution in [0.3, 0.4) is 0 Å². The first kappa shape index (κ1) is 8.80. The molecule has 1 aromatic rings. The zero-order valence-corrected chi connectivity index (χ0v) is 8.29. The van der Waals surface area contributed by atoms with Crippen LogP contribution in [-0.4, -0.2) is 13.0 Å². The number of thiol groups is 1. The van der Waals surface area contributed by atoms with Crippen molar-refractivity contribution in [2.45, 2.75) is 4.90 Å². The molecule has 5 heteroatoms. The van der Waals surface area contributed by atoms with Crippen LogP contribution in [0, 0.1) is 0 Å². The molecule has 0 radical (unpaired) electrons. The first-order valence-corrected chi connectivity index (χ1v) is 7.09. The molecule has 0 saturated carbocycles. The van der Waals surface area contributed by atoms with Gasteiger partial charge in [0.2, 0.25) is 0 Å². The molecule has 0 fully saturated rings. The maximum atomic E-state index is 10.9. The fourth-order valence-corrected chi connectivity index (χ4v) is 4.64. The summed E-state index contributed by atoms with van der Waals surface area (Å²) in [4.78, 5) is 0.708. The average Bonchev–Trinajstić information content (AvgIpc) is 2.45. The zero-order chi connectivity index (χ0) is 9.47. The van der Waals surface area contributed by atoms with Gasteiger partial charge in [-0.2, -0.15) is 8.42 Å². The van der Waals surface area contributed by atoms with Crippen LogP contribution in [0.5, 0.6) is 0 Å². The second kappa shape index (κ2) is 2.87. The molecule has 1 aliphatic heterocycles. The van der Waals surface area contributed by atoms with E-state index in [1.807, 2.05) is 12.1 Å². The molecule has 0 aromatic heterocycles. The summed E-state index contributed by atoms with van der Waals surface area (Å²) in [6, 6.07) is 7.17. The van der Waals surface area contributed by atoms with Crippen molar-refractivity contribution >= 4 is 25.2 Å². The molecule has 1 atom stereocenters. The van der Waals surface area contributed by atoms with Crippen molar-refractivity contribution in [1.29, 1.82) is 0 Å². The summed E-state index contributed by atoms with van der Waals surface area (Å²) in [6.07, 6.45) is 1.73. The molecule has 1 aliphatic rings. The van der Waals surface area contributed by atoms with E-state index in [0.29, 0.717) is 4.90 Å². The molecular formula is C8H8O3S2. The van der Waals surface area contributed by atoms with Crippen molar-refractivity contribution in [3.63, 3.8) is 0 Å². The van der Waals surface area contributed by atoms with Crippen LogP contribution in [0.4, 0.5) is 0 Å². The number of hydrogen-bond acceptors (Lipinski definition) is 2. The monoisotopic (exact) mass is 216 g/mol. The minimum atomic E-state index is -3.94. The van der Waals surface area contributed by atoms with Gasteiger partial charge >= 0.3 is 9.15 Å². The SMILES string of the molecule is O=S(=O)(O)[SH]1C=Cc2ccccc21. The van der Waals surface area contributed by atoms with Gasteiger partial charge in [-0.1, -0.05) is 28.1 Å². The van der Waals surface area contributed by atoms with Crippen molar-refractivity contribution in [1.82, 2.24) is 0 Å². The Morgan fingerprint density at radius 1 is 1.23 bits per heavy atom. The fraction of sp³-hybridized carbons (Fsp3) is 0. The summed E-state index contributed by atoms with van der Waals surface area (Å²) in [5.41, 5.74) is 0.881. The Balaban J connectivity index is 2.57. The molecule has 0 spiro atoms. The number of hydrogen-bond donors (Lipinski definition) is 2. The lowest BCUT2D eigenvalue weighted by Crippen LogP contribution is -1.95. The molecule has 2 rings (SSSR count). The van der Waals surface area contributed by atoms with Crippen LogP contribution in [0.2, 0.25) is 0 Å². The predicted octanol–water partition coefficient (Wildman–Crippen LogP) is 1.83. The minimum absolute atomic E-state index is 0.708. The van der Waals surface area contributed by atoms with Crippen molar-refractivity contribution in [3.05, 3.63) is 35.2 Å². The summed E-state index contributed by atoms with van der Waals surface area (Å²) in [5, 5.41) is 1.55. The van der Waals surface area contributed by atoms with Crippen molar-refractivity contribution < 1.29 is 13.0 Å². The Labute approximate surface area is 78.6 Å². The van der Waals surface area contributed by atoms with Gasteiger partial charge in [0, 0.05) is 4.90 Å². The number of rotatable bonds is 1. The Kier molecular flexibility index (Phi) is 1.94. The molecule has 13 heavy (non-hydrogen) atoms. The summed E-state index contributed by atoms with van der Waals surface area (Å²) in [6.45, 7) is 0. The molecule has 3 nitrogen and oxygen atoms in total. The van der Waals surface area contributed by atoms with E-state index in [4.69, 9.17) is 4.55 Å². The zero-order valence-electron chi connectivity index (χ0n) is 6.58. The summed E-state index contributed by atoms with van der Waals surface area (Å²) in [5.74, 6) is 0. The van der Waals surface area contributed by atoms with Crippen LogP contribution in [0.1, 0.15) is 5.56 Å². The lowest BCUT2D eigenvalue weighted by molar-refractivity contribution is 0.502. The molecule has 1 aromatic carbocycles. The van der Waals surface area contributed by atoms with Gasteiger partial charge in [0.1, 0.15) is 0 Å². The van der Waals surface area contributed by atoms with Crippen LogP contribution in [0.15, 0.2) is 34.6 Å². The normalized spacial score (nSPS) is 23.0. The number of fused-ring (bicyclic) bond motifs is 1. The van der Waals surface area contributed by atoms with Crippen molar-refractivity contribution in [3.8, 4) is 0 Å². The largest absolute Gasteiger partial charge is 0.307 e. The lowest BCUT2D eigenvalue weighted by atomic mass is 10.2. The van der Waals surface area contributed by atoms with Gasteiger partial charge in [0.15, 0.2) is 0 Å². The van der Waals surface area contributed by atoms with E-state index in [9.17, 15) is 8.42 Å². The van der Waals surface area contributed by atoms with E-state index in [-0.39, 0.29) is 0 Å². The Bertz CT molecular complexity index is 462. The first-order valence-electron chi connectivity index (χ1n) is 3.63. The standard InChI is InChI=1S/C8H8O3S2/c9-13(10,11)12-6-5-7-3-1-2-4-8(7)12/h1-6,12H,(H,9,10,11). The van der Waals surface area contributed by atoms with Gasteiger partial charge in [0.05, 0.1) is 0 Å². The van der Waals surface area contributed by atoms with Crippen LogP contribution in [0.25, 0.3) is 6.08 Å². The van der Waals surface area contributed by atoms with Crippen molar-refractivity contribution in [2.24, 2.45) is 0 Å². The molecule has 1 N–H and O–H groups in total. The molecule has 0 aliphatic carbocycles. The summed E-state index contributed by atoms with van der Waals surface area (Å²) in [7, 11) is -5.49. The Morgan fingerprint density at radius 3 is 2.62 bits per heavy atom. The Morgan fingerprint density at radius 2 is 1.92 bits per heavy atom. The van der Waals surface area contributed by atoms with Crippen LogP contribution < -0.4 is 0 Å². The second-order valence-electron chi connectivity index (χ2n) is 2.65. The lowest BCUT2D eigenvalue weighted by Gasteiger charge is -2.10. The van der Waals surface area contributed by atoms with E-state index in [1.54, 1.807) is 23.6 Å². The van der Waals surface area contributed by atoms with E-state index >= 15 is 0 Å². The predicted molar refractivity (Wildman–Crippen MR) is 54.3 cm³/mol. The highest BCUT2D eigenvalue weighted by Crippen LogP contribution is 2.49. The third-order valence-corrected chi connectivity index (χ3v) is 6.06. The van der Waals surface area contributed by atoms with E-state index in [1.165, 1.54) is 0 Å². The highest BCUT2D eigenvalue weighted by molar-refractivity contribution is 8.80. The van der Waals surface area contributed by atoms with Gasteiger partial charge in [-0.15, -0.1) is 0 Å². The first-order chi connectivity index (χ1) is 6.09. The fourth-order valence-electron chi connectivity index (χ4n) is 1.26. The van der Waals surface area contributed by atoms with Gasteiger partial charge in [-0.3, -0.25) is 4.55 Å². The van der Waals surface area contributed by atoms with Crippen molar-refractivity contribution in [2.75, 3.05) is 0 Å². The molecule has 1 heterocycles. The Hall–Kier alpha value is -0.780. The van der Waals surface area contributed by atoms with Gasteiger partial charge in [-0.05, 0) is 23.1 Å². The molecule has 0 saturated heterocycles. The highest BCUT2D eigenvalue weighted by Gasteiger charge is 2.23. The van der Waals surface area contributed by atoms with E-state index in [0.717, 1.165) is 5.56 Å². The van der Waals surface area contributed by atoms with E-state index in [2.05, 4.69) is 0 Å². The molecule has 0 amide bonds. The van der Waals surface area contributed by atoms with E-state index < -0.39 is 19.1 Å². The quantitative estimate of drug-likeness (QED) is 0.428. The molecular weight excluding hydrogens is 208 g/mol. The average molecular weight is 216 g/mol. The molecule has 0 bridgehead atoms.